The maximum atomic E-state index is 4.45. The van der Waals surface area contributed by atoms with Crippen LogP contribution in [0.4, 0.5) is 0 Å². The lowest BCUT2D eigenvalue weighted by Gasteiger charge is -2.29. The van der Waals surface area contributed by atoms with Crippen molar-refractivity contribution in [3.63, 3.8) is 0 Å². The molecule has 1 heterocycles. The monoisotopic (exact) mass is 337 g/mol. The van der Waals surface area contributed by atoms with E-state index in [0.29, 0.717) is 5.41 Å². The van der Waals surface area contributed by atoms with Crippen LogP contribution >= 0.6 is 24.0 Å². The van der Waals surface area contributed by atoms with E-state index in [2.05, 4.69) is 22.5 Å². The summed E-state index contributed by atoms with van der Waals surface area (Å²) in [6.07, 6.45) is 8.08. The Morgan fingerprint density at radius 2 is 2.06 bits per heavy atom. The van der Waals surface area contributed by atoms with Crippen molar-refractivity contribution >= 4 is 29.9 Å². The zero-order chi connectivity index (χ0) is 10.6. The molecule has 1 saturated carbocycles. The predicted octanol–water partition coefficient (Wildman–Crippen LogP) is 2.51. The molecule has 0 aromatic rings. The number of nitrogens with one attached hydrogen (secondary N) is 2. The molecule has 0 saturated heterocycles. The zero-order valence-corrected chi connectivity index (χ0v) is 12.5. The molecule has 94 valence electrons. The standard InChI is InChI=1S/C12H23N3.HI/c1-2-12(6-3-4-7-12)10-15-11-13-8-5-9-14-11;/h2-10H2,1H3,(H2,13,14,15);1H. The fourth-order valence-electron chi connectivity index (χ4n) is 2.70. The molecular formula is C12H24IN3. The third kappa shape index (κ3) is 3.50. The van der Waals surface area contributed by atoms with Crippen molar-refractivity contribution < 1.29 is 0 Å². The van der Waals surface area contributed by atoms with Crippen LogP contribution in [0, 0.1) is 5.41 Å². The van der Waals surface area contributed by atoms with Crippen molar-refractivity contribution in [3.05, 3.63) is 0 Å². The van der Waals surface area contributed by atoms with Crippen molar-refractivity contribution in [2.45, 2.75) is 45.4 Å². The van der Waals surface area contributed by atoms with E-state index in [1.807, 2.05) is 0 Å². The minimum absolute atomic E-state index is 0. The summed E-state index contributed by atoms with van der Waals surface area (Å²) in [7, 11) is 0. The van der Waals surface area contributed by atoms with Gasteiger partial charge in [0, 0.05) is 19.6 Å². The first kappa shape index (κ1) is 14.1. The van der Waals surface area contributed by atoms with E-state index in [1.165, 1.54) is 38.5 Å². The van der Waals surface area contributed by atoms with Crippen LogP contribution in [-0.4, -0.2) is 25.6 Å². The van der Waals surface area contributed by atoms with Crippen LogP contribution in [0.5, 0.6) is 0 Å². The van der Waals surface area contributed by atoms with Gasteiger partial charge in [-0.3, -0.25) is 4.99 Å². The van der Waals surface area contributed by atoms with Gasteiger partial charge < -0.3 is 10.6 Å². The Kier molecular flexibility index (Phi) is 5.86. The summed E-state index contributed by atoms with van der Waals surface area (Å²) in [5.41, 5.74) is 0.557. The van der Waals surface area contributed by atoms with Gasteiger partial charge in [0.05, 0.1) is 0 Å². The number of nitrogens with zero attached hydrogens (tertiary/aromatic N) is 1. The van der Waals surface area contributed by atoms with Gasteiger partial charge in [-0.25, -0.2) is 0 Å². The van der Waals surface area contributed by atoms with E-state index >= 15 is 0 Å². The number of guanidine groups is 1. The molecule has 0 amide bonds. The van der Waals surface area contributed by atoms with Crippen LogP contribution in [0.25, 0.3) is 0 Å². The van der Waals surface area contributed by atoms with Crippen molar-refractivity contribution in [1.29, 1.82) is 0 Å². The SMILES string of the molecule is CCC1(CNC2=NCCCN2)CCCC1.I. The van der Waals surface area contributed by atoms with Crippen molar-refractivity contribution in [1.82, 2.24) is 10.6 Å². The smallest absolute Gasteiger partial charge is 0.191 e. The maximum absolute atomic E-state index is 4.45. The summed E-state index contributed by atoms with van der Waals surface area (Å²) in [5, 5.41) is 6.82. The van der Waals surface area contributed by atoms with E-state index in [4.69, 9.17) is 0 Å². The van der Waals surface area contributed by atoms with Crippen LogP contribution in [0.15, 0.2) is 4.99 Å². The minimum Gasteiger partial charge on any atom is -0.356 e. The Morgan fingerprint density at radius 3 is 2.62 bits per heavy atom. The molecule has 1 aliphatic heterocycles. The van der Waals surface area contributed by atoms with Crippen LogP contribution in [0.1, 0.15) is 45.4 Å². The molecule has 0 bridgehead atoms. The quantitative estimate of drug-likeness (QED) is 0.777. The van der Waals surface area contributed by atoms with E-state index in [0.717, 1.165) is 25.6 Å². The Hall–Kier alpha value is 0. The molecule has 3 nitrogen and oxygen atoms in total. The predicted molar refractivity (Wildman–Crippen MR) is 79.5 cm³/mol. The molecule has 1 fully saturated rings. The first-order chi connectivity index (χ1) is 7.35. The number of hydrogen-bond acceptors (Lipinski definition) is 3. The summed E-state index contributed by atoms with van der Waals surface area (Å²) >= 11 is 0. The molecule has 0 unspecified atom stereocenters. The van der Waals surface area contributed by atoms with Gasteiger partial charge in [-0.05, 0) is 31.1 Å². The van der Waals surface area contributed by atoms with Gasteiger partial charge in [-0.2, -0.15) is 0 Å². The molecule has 2 rings (SSSR count). The van der Waals surface area contributed by atoms with E-state index in [-0.39, 0.29) is 24.0 Å². The second-order valence-electron chi connectivity index (χ2n) is 4.92. The van der Waals surface area contributed by atoms with Crippen molar-refractivity contribution in [2.24, 2.45) is 10.4 Å². The van der Waals surface area contributed by atoms with Crippen LogP contribution < -0.4 is 10.6 Å². The van der Waals surface area contributed by atoms with E-state index in [9.17, 15) is 0 Å². The molecule has 0 aromatic heterocycles. The van der Waals surface area contributed by atoms with Gasteiger partial charge >= 0.3 is 0 Å². The Balaban J connectivity index is 0.00000128. The molecule has 16 heavy (non-hydrogen) atoms. The second-order valence-corrected chi connectivity index (χ2v) is 4.92. The Labute approximate surface area is 116 Å². The van der Waals surface area contributed by atoms with Gasteiger partial charge in [-0.15, -0.1) is 24.0 Å². The normalized spacial score (nSPS) is 22.9. The zero-order valence-electron chi connectivity index (χ0n) is 10.2. The van der Waals surface area contributed by atoms with Gasteiger partial charge in [-0.1, -0.05) is 19.8 Å². The molecule has 4 heteroatoms. The highest BCUT2D eigenvalue weighted by atomic mass is 127. The lowest BCUT2D eigenvalue weighted by Crippen LogP contribution is -2.45. The lowest BCUT2D eigenvalue weighted by molar-refractivity contribution is 0.283. The highest BCUT2D eigenvalue weighted by Gasteiger charge is 2.31. The minimum atomic E-state index is 0. The highest BCUT2D eigenvalue weighted by molar-refractivity contribution is 14.0. The van der Waals surface area contributed by atoms with Crippen molar-refractivity contribution in [3.8, 4) is 0 Å². The third-order valence-corrected chi connectivity index (χ3v) is 3.94. The highest BCUT2D eigenvalue weighted by Crippen LogP contribution is 2.40. The Morgan fingerprint density at radius 1 is 1.31 bits per heavy atom. The fraction of sp³-hybridized carbons (Fsp3) is 0.917. The molecule has 2 N–H and O–H groups in total. The average molecular weight is 337 g/mol. The lowest BCUT2D eigenvalue weighted by atomic mass is 9.83. The summed E-state index contributed by atoms with van der Waals surface area (Å²) in [6, 6.07) is 0. The summed E-state index contributed by atoms with van der Waals surface area (Å²) < 4.78 is 0. The molecular weight excluding hydrogens is 313 g/mol. The molecule has 0 atom stereocenters. The average Bonchev–Trinajstić information content (AvgIpc) is 2.77. The summed E-state index contributed by atoms with van der Waals surface area (Å²) in [4.78, 5) is 4.45. The molecule has 0 spiro atoms. The van der Waals surface area contributed by atoms with Gasteiger partial charge in [0.25, 0.3) is 0 Å². The van der Waals surface area contributed by atoms with E-state index in [1.54, 1.807) is 0 Å². The first-order valence-corrected chi connectivity index (χ1v) is 6.37. The van der Waals surface area contributed by atoms with Crippen LogP contribution in [0.2, 0.25) is 0 Å². The first-order valence-electron chi connectivity index (χ1n) is 6.37. The maximum Gasteiger partial charge on any atom is 0.191 e. The number of rotatable bonds is 3. The fourth-order valence-corrected chi connectivity index (χ4v) is 2.70. The molecule has 0 radical (unpaired) electrons. The van der Waals surface area contributed by atoms with Gasteiger partial charge in [0.2, 0.25) is 0 Å². The molecule has 0 aromatic carbocycles. The number of aliphatic imine (C=N–C) groups is 1. The number of halogens is 1. The van der Waals surface area contributed by atoms with Gasteiger partial charge in [0.15, 0.2) is 5.96 Å². The van der Waals surface area contributed by atoms with E-state index < -0.39 is 0 Å². The molecule has 1 aliphatic carbocycles. The largest absolute Gasteiger partial charge is 0.356 e. The second kappa shape index (κ2) is 6.67. The molecule has 2 aliphatic rings. The Bertz CT molecular complexity index is 234. The van der Waals surface area contributed by atoms with Crippen molar-refractivity contribution in [2.75, 3.05) is 19.6 Å². The van der Waals surface area contributed by atoms with Crippen LogP contribution in [-0.2, 0) is 0 Å². The number of hydrogen-bond donors (Lipinski definition) is 2. The topological polar surface area (TPSA) is 36.4 Å². The summed E-state index contributed by atoms with van der Waals surface area (Å²) in [6.45, 7) is 5.48. The van der Waals surface area contributed by atoms with Crippen LogP contribution in [0.3, 0.4) is 0 Å². The van der Waals surface area contributed by atoms with Gasteiger partial charge in [0.1, 0.15) is 0 Å². The summed E-state index contributed by atoms with van der Waals surface area (Å²) in [5.74, 6) is 1.03. The third-order valence-electron chi connectivity index (χ3n) is 3.94.